The Kier molecular flexibility index (Phi) is 5.37. The molecule has 0 bridgehead atoms. The summed E-state index contributed by atoms with van der Waals surface area (Å²) in [5, 5.41) is 3.17. The number of ether oxygens (including phenoxy) is 1. The van der Waals surface area contributed by atoms with Crippen LogP contribution >= 0.6 is 0 Å². The van der Waals surface area contributed by atoms with Crippen molar-refractivity contribution in [3.8, 4) is 0 Å². The maximum Gasteiger partial charge on any atom is 0.227 e. The van der Waals surface area contributed by atoms with Gasteiger partial charge in [-0.1, -0.05) is 37.3 Å². The molecule has 1 fully saturated rings. The van der Waals surface area contributed by atoms with E-state index in [0.717, 1.165) is 0 Å². The van der Waals surface area contributed by atoms with E-state index in [1.807, 2.05) is 18.2 Å². The molecule has 2 atom stereocenters. The zero-order valence-corrected chi connectivity index (χ0v) is 13.0. The molecule has 0 radical (unpaired) electrons. The Balaban J connectivity index is 2.01. The van der Waals surface area contributed by atoms with Crippen LogP contribution in [0.3, 0.4) is 0 Å². The van der Waals surface area contributed by atoms with Crippen LogP contribution in [0.5, 0.6) is 0 Å². The van der Waals surface area contributed by atoms with Crippen molar-refractivity contribution in [2.24, 2.45) is 11.1 Å². The van der Waals surface area contributed by atoms with E-state index in [2.05, 4.69) is 31.3 Å². The van der Waals surface area contributed by atoms with Crippen molar-refractivity contribution in [1.82, 2.24) is 5.32 Å². The SMILES string of the molecule is CC(NC(=O)C1(CN)CCOCC1)C(C)c1ccccc1. The van der Waals surface area contributed by atoms with Crippen molar-refractivity contribution in [1.29, 1.82) is 0 Å². The van der Waals surface area contributed by atoms with Crippen LogP contribution in [0, 0.1) is 5.41 Å². The molecular formula is C17H26N2O2. The lowest BCUT2D eigenvalue weighted by Gasteiger charge is -2.36. The van der Waals surface area contributed by atoms with Gasteiger partial charge in [-0.15, -0.1) is 0 Å². The molecule has 0 spiro atoms. The number of rotatable bonds is 5. The summed E-state index contributed by atoms with van der Waals surface area (Å²) in [5.74, 6) is 0.341. The number of carbonyl (C=O) groups is 1. The van der Waals surface area contributed by atoms with Crippen molar-refractivity contribution in [3.63, 3.8) is 0 Å². The van der Waals surface area contributed by atoms with Gasteiger partial charge in [-0.05, 0) is 25.3 Å². The summed E-state index contributed by atoms with van der Waals surface area (Å²) in [6.07, 6.45) is 1.42. The molecule has 21 heavy (non-hydrogen) atoms. The van der Waals surface area contributed by atoms with Crippen molar-refractivity contribution in [3.05, 3.63) is 35.9 Å². The predicted octanol–water partition coefficient (Wildman–Crippen LogP) is 2.05. The molecule has 1 heterocycles. The third-order valence-electron chi connectivity index (χ3n) is 4.76. The minimum absolute atomic E-state index is 0.0728. The van der Waals surface area contributed by atoms with Gasteiger partial charge in [0.25, 0.3) is 0 Å². The normalized spacial score (nSPS) is 20.5. The third-order valence-corrected chi connectivity index (χ3v) is 4.76. The van der Waals surface area contributed by atoms with Crippen LogP contribution in [-0.2, 0) is 9.53 Å². The Morgan fingerprint density at radius 1 is 1.29 bits per heavy atom. The largest absolute Gasteiger partial charge is 0.381 e. The van der Waals surface area contributed by atoms with E-state index in [1.54, 1.807) is 0 Å². The standard InChI is InChI=1S/C17H26N2O2/c1-13(15-6-4-3-5-7-15)14(2)19-16(20)17(12-18)8-10-21-11-9-17/h3-7,13-14H,8-12,18H2,1-2H3,(H,19,20). The highest BCUT2D eigenvalue weighted by Crippen LogP contribution is 2.30. The number of hydrogen-bond donors (Lipinski definition) is 2. The van der Waals surface area contributed by atoms with Gasteiger partial charge in [0, 0.05) is 31.7 Å². The molecule has 0 aliphatic carbocycles. The molecule has 2 unspecified atom stereocenters. The van der Waals surface area contributed by atoms with E-state index >= 15 is 0 Å². The highest BCUT2D eigenvalue weighted by atomic mass is 16.5. The highest BCUT2D eigenvalue weighted by molar-refractivity contribution is 5.83. The van der Waals surface area contributed by atoms with Crippen LogP contribution in [0.2, 0.25) is 0 Å². The van der Waals surface area contributed by atoms with Crippen LogP contribution in [0.4, 0.5) is 0 Å². The summed E-state index contributed by atoms with van der Waals surface area (Å²) in [6.45, 7) is 5.81. The van der Waals surface area contributed by atoms with Crippen molar-refractivity contribution in [2.45, 2.75) is 38.6 Å². The van der Waals surface area contributed by atoms with E-state index < -0.39 is 5.41 Å². The van der Waals surface area contributed by atoms with Crippen LogP contribution in [0.15, 0.2) is 30.3 Å². The minimum atomic E-state index is -0.455. The molecule has 1 aliphatic rings. The smallest absolute Gasteiger partial charge is 0.227 e. The maximum absolute atomic E-state index is 12.7. The van der Waals surface area contributed by atoms with Gasteiger partial charge in [-0.25, -0.2) is 0 Å². The molecule has 1 saturated heterocycles. The van der Waals surface area contributed by atoms with Gasteiger partial charge in [-0.2, -0.15) is 0 Å². The fraction of sp³-hybridized carbons (Fsp3) is 0.588. The Bertz CT molecular complexity index is 455. The molecule has 3 N–H and O–H groups in total. The van der Waals surface area contributed by atoms with Gasteiger partial charge >= 0.3 is 0 Å². The van der Waals surface area contributed by atoms with Gasteiger partial charge in [0.2, 0.25) is 5.91 Å². The van der Waals surface area contributed by atoms with Crippen molar-refractivity contribution < 1.29 is 9.53 Å². The first-order chi connectivity index (χ1) is 10.1. The van der Waals surface area contributed by atoms with E-state index in [9.17, 15) is 4.79 Å². The van der Waals surface area contributed by atoms with Gasteiger partial charge < -0.3 is 15.8 Å². The summed E-state index contributed by atoms with van der Waals surface area (Å²) in [7, 11) is 0. The fourth-order valence-electron chi connectivity index (χ4n) is 2.82. The first kappa shape index (κ1) is 16.0. The van der Waals surface area contributed by atoms with E-state index in [-0.39, 0.29) is 17.9 Å². The topological polar surface area (TPSA) is 64.4 Å². The second kappa shape index (κ2) is 7.05. The predicted molar refractivity (Wildman–Crippen MR) is 84.0 cm³/mol. The molecule has 1 amide bonds. The van der Waals surface area contributed by atoms with Crippen LogP contribution < -0.4 is 11.1 Å². The summed E-state index contributed by atoms with van der Waals surface area (Å²) in [5.41, 5.74) is 6.67. The maximum atomic E-state index is 12.7. The fourth-order valence-corrected chi connectivity index (χ4v) is 2.82. The Morgan fingerprint density at radius 3 is 2.48 bits per heavy atom. The molecular weight excluding hydrogens is 264 g/mol. The van der Waals surface area contributed by atoms with Crippen LogP contribution in [-0.4, -0.2) is 31.7 Å². The first-order valence-electron chi connectivity index (χ1n) is 7.73. The van der Waals surface area contributed by atoms with E-state index in [4.69, 9.17) is 10.5 Å². The highest BCUT2D eigenvalue weighted by Gasteiger charge is 2.39. The monoisotopic (exact) mass is 290 g/mol. The minimum Gasteiger partial charge on any atom is -0.381 e. The molecule has 4 heteroatoms. The number of benzene rings is 1. The zero-order valence-electron chi connectivity index (χ0n) is 13.0. The first-order valence-corrected chi connectivity index (χ1v) is 7.73. The molecule has 0 saturated carbocycles. The molecule has 4 nitrogen and oxygen atoms in total. The average Bonchev–Trinajstić information content (AvgIpc) is 2.55. The second-order valence-corrected chi connectivity index (χ2v) is 6.06. The number of carbonyl (C=O) groups excluding carboxylic acids is 1. The van der Waals surface area contributed by atoms with E-state index in [0.29, 0.717) is 32.6 Å². The van der Waals surface area contributed by atoms with Crippen molar-refractivity contribution >= 4 is 5.91 Å². The molecule has 0 aromatic heterocycles. The molecule has 1 aromatic rings. The summed E-state index contributed by atoms with van der Waals surface area (Å²) < 4.78 is 5.36. The van der Waals surface area contributed by atoms with Crippen LogP contribution in [0.1, 0.15) is 38.2 Å². The van der Waals surface area contributed by atoms with Gasteiger partial charge in [0.1, 0.15) is 0 Å². The Labute approximate surface area is 127 Å². The second-order valence-electron chi connectivity index (χ2n) is 6.06. The lowest BCUT2D eigenvalue weighted by atomic mass is 9.79. The lowest BCUT2D eigenvalue weighted by Crippen LogP contribution is -2.52. The van der Waals surface area contributed by atoms with Gasteiger partial charge in [-0.3, -0.25) is 4.79 Å². The quantitative estimate of drug-likeness (QED) is 0.872. The lowest BCUT2D eigenvalue weighted by molar-refractivity contribution is -0.136. The summed E-state index contributed by atoms with van der Waals surface area (Å²) in [6, 6.07) is 10.3. The van der Waals surface area contributed by atoms with Gasteiger partial charge in [0.15, 0.2) is 0 Å². The average molecular weight is 290 g/mol. The van der Waals surface area contributed by atoms with E-state index in [1.165, 1.54) is 5.56 Å². The van der Waals surface area contributed by atoms with Crippen molar-refractivity contribution in [2.75, 3.05) is 19.8 Å². The molecule has 1 aliphatic heterocycles. The summed E-state index contributed by atoms with van der Waals surface area (Å²) >= 11 is 0. The Morgan fingerprint density at radius 2 is 1.90 bits per heavy atom. The Hall–Kier alpha value is -1.39. The number of amides is 1. The summed E-state index contributed by atoms with van der Waals surface area (Å²) in [4.78, 5) is 12.7. The third kappa shape index (κ3) is 3.63. The number of hydrogen-bond acceptors (Lipinski definition) is 3. The number of nitrogens with one attached hydrogen (secondary N) is 1. The number of nitrogens with two attached hydrogens (primary N) is 1. The molecule has 1 aromatic carbocycles. The van der Waals surface area contributed by atoms with Crippen LogP contribution in [0.25, 0.3) is 0 Å². The van der Waals surface area contributed by atoms with Gasteiger partial charge in [0.05, 0.1) is 5.41 Å². The molecule has 2 rings (SSSR count). The zero-order chi connectivity index (χ0) is 15.3. The molecule has 116 valence electrons.